The van der Waals surface area contributed by atoms with E-state index < -0.39 is 5.91 Å². The summed E-state index contributed by atoms with van der Waals surface area (Å²) < 4.78 is 0. The topological polar surface area (TPSA) is 87.7 Å². The van der Waals surface area contributed by atoms with Gasteiger partial charge in [0.05, 0.1) is 23.1 Å². The molecule has 1 aromatic carbocycles. The first-order valence-electron chi connectivity index (χ1n) is 6.41. The zero-order valence-electron chi connectivity index (χ0n) is 11.0. The molecule has 0 atom stereocenters. The summed E-state index contributed by atoms with van der Waals surface area (Å²) in [5, 5.41) is 3.13. The molecule has 6 heteroatoms. The average molecular weight is 280 g/mol. The third-order valence-corrected chi connectivity index (χ3v) is 2.98. The Kier molecular flexibility index (Phi) is 3.42. The Morgan fingerprint density at radius 2 is 1.95 bits per heavy atom. The summed E-state index contributed by atoms with van der Waals surface area (Å²) in [7, 11) is 0. The smallest absolute Gasteiger partial charge is 0.287 e. The Morgan fingerprint density at radius 3 is 2.76 bits per heavy atom. The third-order valence-electron chi connectivity index (χ3n) is 2.98. The third kappa shape index (κ3) is 2.79. The maximum Gasteiger partial charge on any atom is 0.287 e. The van der Waals surface area contributed by atoms with E-state index in [4.69, 9.17) is 0 Å². The van der Waals surface area contributed by atoms with Gasteiger partial charge in [-0.25, -0.2) is 4.98 Å². The van der Waals surface area contributed by atoms with Crippen LogP contribution in [0.1, 0.15) is 16.3 Å². The van der Waals surface area contributed by atoms with Crippen LogP contribution in [-0.2, 0) is 6.54 Å². The second-order valence-electron chi connectivity index (χ2n) is 4.44. The van der Waals surface area contributed by atoms with Crippen LogP contribution in [-0.4, -0.2) is 20.9 Å². The lowest BCUT2D eigenvalue weighted by Gasteiger charge is -2.05. The number of nitrogens with one attached hydrogen (secondary N) is 2. The van der Waals surface area contributed by atoms with Gasteiger partial charge in [0.1, 0.15) is 0 Å². The van der Waals surface area contributed by atoms with Crippen molar-refractivity contribution >= 4 is 16.8 Å². The van der Waals surface area contributed by atoms with Gasteiger partial charge in [0.15, 0.2) is 5.82 Å². The quantitative estimate of drug-likeness (QED) is 0.755. The SMILES string of the molecule is O=C(NCc1ccccn1)c1nc2ccccc2c(=O)[nH]1. The maximum absolute atomic E-state index is 12.0. The highest BCUT2D eigenvalue weighted by Crippen LogP contribution is 2.05. The van der Waals surface area contributed by atoms with E-state index >= 15 is 0 Å². The van der Waals surface area contributed by atoms with Crippen molar-refractivity contribution < 1.29 is 4.79 Å². The molecule has 0 radical (unpaired) electrons. The minimum Gasteiger partial charge on any atom is -0.344 e. The summed E-state index contributed by atoms with van der Waals surface area (Å²) in [6, 6.07) is 12.3. The van der Waals surface area contributed by atoms with Gasteiger partial charge in [-0.1, -0.05) is 18.2 Å². The van der Waals surface area contributed by atoms with Crippen LogP contribution in [0.25, 0.3) is 10.9 Å². The molecule has 6 nitrogen and oxygen atoms in total. The van der Waals surface area contributed by atoms with Crippen LogP contribution in [0.15, 0.2) is 53.5 Å². The molecule has 3 aromatic rings. The highest BCUT2D eigenvalue weighted by molar-refractivity contribution is 5.92. The number of amides is 1. The Labute approximate surface area is 119 Å². The summed E-state index contributed by atoms with van der Waals surface area (Å²) in [5.41, 5.74) is 0.891. The summed E-state index contributed by atoms with van der Waals surface area (Å²) in [6.07, 6.45) is 1.65. The maximum atomic E-state index is 12.0. The van der Waals surface area contributed by atoms with Gasteiger partial charge in [0.25, 0.3) is 11.5 Å². The van der Waals surface area contributed by atoms with Gasteiger partial charge >= 0.3 is 0 Å². The predicted octanol–water partition coefficient (Wildman–Crippen LogP) is 1.25. The normalized spacial score (nSPS) is 10.5. The first-order chi connectivity index (χ1) is 10.2. The monoisotopic (exact) mass is 280 g/mol. The zero-order valence-corrected chi connectivity index (χ0v) is 11.0. The van der Waals surface area contributed by atoms with E-state index in [1.807, 2.05) is 6.07 Å². The Bertz CT molecular complexity index is 843. The van der Waals surface area contributed by atoms with E-state index in [0.717, 1.165) is 5.69 Å². The van der Waals surface area contributed by atoms with Crippen molar-refractivity contribution in [1.29, 1.82) is 0 Å². The van der Waals surface area contributed by atoms with Crippen molar-refractivity contribution in [2.45, 2.75) is 6.54 Å². The number of hydrogen-bond acceptors (Lipinski definition) is 4. The predicted molar refractivity (Wildman–Crippen MR) is 77.8 cm³/mol. The van der Waals surface area contributed by atoms with E-state index in [1.165, 1.54) is 0 Å². The molecule has 1 amide bonds. The lowest BCUT2D eigenvalue weighted by Crippen LogP contribution is -2.27. The van der Waals surface area contributed by atoms with Crippen LogP contribution < -0.4 is 10.9 Å². The molecule has 0 spiro atoms. The van der Waals surface area contributed by atoms with Crippen LogP contribution in [0.5, 0.6) is 0 Å². The number of fused-ring (bicyclic) bond motifs is 1. The first kappa shape index (κ1) is 13.0. The number of pyridine rings is 1. The highest BCUT2D eigenvalue weighted by atomic mass is 16.2. The van der Waals surface area contributed by atoms with Crippen molar-refractivity contribution in [2.24, 2.45) is 0 Å². The van der Waals surface area contributed by atoms with Crippen molar-refractivity contribution in [3.05, 3.63) is 70.5 Å². The lowest BCUT2D eigenvalue weighted by molar-refractivity contribution is 0.0940. The molecule has 0 aliphatic carbocycles. The van der Waals surface area contributed by atoms with Crippen molar-refractivity contribution in [3.63, 3.8) is 0 Å². The van der Waals surface area contributed by atoms with E-state index in [2.05, 4.69) is 20.3 Å². The lowest BCUT2D eigenvalue weighted by atomic mass is 10.2. The molecular formula is C15H12N4O2. The molecule has 0 unspecified atom stereocenters. The fourth-order valence-corrected chi connectivity index (χ4v) is 1.95. The van der Waals surface area contributed by atoms with Crippen LogP contribution in [0, 0.1) is 0 Å². The first-order valence-corrected chi connectivity index (χ1v) is 6.41. The van der Waals surface area contributed by atoms with E-state index in [1.54, 1.807) is 42.6 Å². The number of rotatable bonds is 3. The number of benzene rings is 1. The molecule has 3 rings (SSSR count). The number of aromatic nitrogens is 3. The molecule has 0 aliphatic heterocycles. The van der Waals surface area contributed by atoms with Crippen LogP contribution in [0.4, 0.5) is 0 Å². The van der Waals surface area contributed by atoms with Crippen molar-refractivity contribution in [2.75, 3.05) is 0 Å². The Morgan fingerprint density at radius 1 is 1.14 bits per heavy atom. The highest BCUT2D eigenvalue weighted by Gasteiger charge is 2.10. The number of carbonyl (C=O) groups excluding carboxylic acids is 1. The minimum absolute atomic E-state index is 0.00497. The van der Waals surface area contributed by atoms with Gasteiger partial charge < -0.3 is 10.3 Å². The minimum atomic E-state index is -0.441. The number of nitrogens with zero attached hydrogens (tertiary/aromatic N) is 2. The Balaban J connectivity index is 1.83. The molecule has 0 fully saturated rings. The molecular weight excluding hydrogens is 268 g/mol. The number of hydrogen-bond donors (Lipinski definition) is 2. The molecule has 21 heavy (non-hydrogen) atoms. The van der Waals surface area contributed by atoms with Gasteiger partial charge in [-0.05, 0) is 24.3 Å². The molecule has 2 heterocycles. The molecule has 0 saturated heterocycles. The average Bonchev–Trinajstić information content (AvgIpc) is 2.53. The van der Waals surface area contributed by atoms with Crippen molar-refractivity contribution in [3.8, 4) is 0 Å². The summed E-state index contributed by atoms with van der Waals surface area (Å²) in [6.45, 7) is 0.274. The number of H-pyrrole nitrogens is 1. The zero-order chi connectivity index (χ0) is 14.7. The fraction of sp³-hybridized carbons (Fsp3) is 0.0667. The van der Waals surface area contributed by atoms with E-state index in [0.29, 0.717) is 10.9 Å². The van der Waals surface area contributed by atoms with Crippen LogP contribution in [0.3, 0.4) is 0 Å². The summed E-state index contributed by atoms with van der Waals surface area (Å²) >= 11 is 0. The molecule has 104 valence electrons. The largest absolute Gasteiger partial charge is 0.344 e. The van der Waals surface area contributed by atoms with Crippen LogP contribution >= 0.6 is 0 Å². The molecule has 0 bridgehead atoms. The van der Waals surface area contributed by atoms with E-state index in [9.17, 15) is 9.59 Å². The Hall–Kier alpha value is -3.02. The number of para-hydroxylation sites is 1. The fourth-order valence-electron chi connectivity index (χ4n) is 1.95. The van der Waals surface area contributed by atoms with Gasteiger partial charge in [0, 0.05) is 6.20 Å². The molecule has 2 aromatic heterocycles. The van der Waals surface area contributed by atoms with Crippen LogP contribution in [0.2, 0.25) is 0 Å². The molecule has 0 aliphatic rings. The van der Waals surface area contributed by atoms with E-state index in [-0.39, 0.29) is 17.9 Å². The summed E-state index contributed by atoms with van der Waals surface area (Å²) in [5.74, 6) is -0.446. The van der Waals surface area contributed by atoms with Gasteiger partial charge in [-0.2, -0.15) is 0 Å². The molecule has 2 N–H and O–H groups in total. The van der Waals surface area contributed by atoms with Gasteiger partial charge in [0.2, 0.25) is 0 Å². The van der Waals surface area contributed by atoms with Gasteiger partial charge in [-0.3, -0.25) is 14.6 Å². The second kappa shape index (κ2) is 5.54. The summed E-state index contributed by atoms with van der Waals surface area (Å²) in [4.78, 5) is 34.7. The number of aromatic amines is 1. The standard InChI is InChI=1S/C15H12N4O2/c20-14-11-6-1-2-7-12(11)18-13(19-14)15(21)17-9-10-5-3-4-8-16-10/h1-8H,9H2,(H,17,21)(H,18,19,20). The molecule has 0 saturated carbocycles. The van der Waals surface area contributed by atoms with Crippen molar-refractivity contribution in [1.82, 2.24) is 20.3 Å². The number of carbonyl (C=O) groups is 1. The van der Waals surface area contributed by atoms with Gasteiger partial charge in [-0.15, -0.1) is 0 Å². The second-order valence-corrected chi connectivity index (χ2v) is 4.44.